The zero-order chi connectivity index (χ0) is 16.3. The molecule has 1 aromatic carbocycles. The molecule has 0 heterocycles. The largest absolute Gasteiger partial charge is 0.495 e. The van der Waals surface area contributed by atoms with Gasteiger partial charge in [-0.2, -0.15) is 0 Å². The van der Waals surface area contributed by atoms with Crippen LogP contribution < -0.4 is 9.46 Å². The maximum absolute atomic E-state index is 12.8. The van der Waals surface area contributed by atoms with E-state index in [0.29, 0.717) is 5.75 Å². The maximum Gasteiger partial charge on any atom is 0.244 e. The van der Waals surface area contributed by atoms with Gasteiger partial charge in [0.15, 0.2) is 0 Å². The van der Waals surface area contributed by atoms with Crippen molar-refractivity contribution < 1.29 is 13.2 Å². The standard InChI is InChI=1S/C17H27NO3S/c1-12(2)15-11-17(16(21-4)10-13(15)3)22(19,20)18-14-8-6-5-7-9-14/h10-12,14,18H,5-9H2,1-4H3. The van der Waals surface area contributed by atoms with Crippen molar-refractivity contribution in [1.82, 2.24) is 4.72 Å². The molecule has 0 aliphatic heterocycles. The fourth-order valence-corrected chi connectivity index (χ4v) is 4.66. The van der Waals surface area contributed by atoms with Gasteiger partial charge in [-0.05, 0) is 48.9 Å². The van der Waals surface area contributed by atoms with Crippen LogP contribution in [0.1, 0.15) is 63.0 Å². The summed E-state index contributed by atoms with van der Waals surface area (Å²) in [6.07, 6.45) is 5.23. The Morgan fingerprint density at radius 1 is 1.18 bits per heavy atom. The summed E-state index contributed by atoms with van der Waals surface area (Å²) in [5.74, 6) is 0.694. The molecule has 2 rings (SSSR count). The number of sulfonamides is 1. The smallest absolute Gasteiger partial charge is 0.244 e. The first kappa shape index (κ1) is 17.3. The van der Waals surface area contributed by atoms with Crippen LogP contribution in [0.25, 0.3) is 0 Å². The maximum atomic E-state index is 12.8. The van der Waals surface area contributed by atoms with Gasteiger partial charge in [-0.25, -0.2) is 13.1 Å². The number of methoxy groups -OCH3 is 1. The number of hydrogen-bond acceptors (Lipinski definition) is 3. The molecule has 0 radical (unpaired) electrons. The third-order valence-corrected chi connectivity index (χ3v) is 5.93. The van der Waals surface area contributed by atoms with Gasteiger partial charge in [-0.1, -0.05) is 33.1 Å². The monoisotopic (exact) mass is 325 g/mol. The Hall–Kier alpha value is -1.07. The lowest BCUT2D eigenvalue weighted by Gasteiger charge is -2.24. The van der Waals surface area contributed by atoms with E-state index < -0.39 is 10.0 Å². The zero-order valence-electron chi connectivity index (χ0n) is 14.0. The molecule has 124 valence electrons. The van der Waals surface area contributed by atoms with Gasteiger partial charge >= 0.3 is 0 Å². The summed E-state index contributed by atoms with van der Waals surface area (Å²) in [5, 5.41) is 0. The predicted octanol–water partition coefficient (Wildman–Crippen LogP) is 3.74. The Balaban J connectivity index is 2.37. The summed E-state index contributed by atoms with van der Waals surface area (Å²) in [7, 11) is -2.03. The van der Waals surface area contributed by atoms with Crippen LogP contribution in [0, 0.1) is 6.92 Å². The second-order valence-electron chi connectivity index (χ2n) is 6.47. The minimum Gasteiger partial charge on any atom is -0.495 e. The number of nitrogens with one attached hydrogen (secondary N) is 1. The van der Waals surface area contributed by atoms with Crippen molar-refractivity contribution in [3.05, 3.63) is 23.3 Å². The zero-order valence-corrected chi connectivity index (χ0v) is 14.8. The van der Waals surface area contributed by atoms with Crippen molar-refractivity contribution in [3.63, 3.8) is 0 Å². The van der Waals surface area contributed by atoms with Crippen LogP contribution in [0.3, 0.4) is 0 Å². The predicted molar refractivity (Wildman–Crippen MR) is 89.0 cm³/mol. The highest BCUT2D eigenvalue weighted by atomic mass is 32.2. The van der Waals surface area contributed by atoms with Crippen LogP contribution in [0.2, 0.25) is 0 Å². The Labute approximate surface area is 134 Å². The van der Waals surface area contributed by atoms with E-state index in [0.717, 1.165) is 36.8 Å². The van der Waals surface area contributed by atoms with Crippen molar-refractivity contribution in [1.29, 1.82) is 0 Å². The fraction of sp³-hybridized carbons (Fsp3) is 0.647. The minimum atomic E-state index is -3.55. The Kier molecular flexibility index (Phi) is 5.50. The average molecular weight is 325 g/mol. The lowest BCUT2D eigenvalue weighted by molar-refractivity contribution is 0.396. The van der Waals surface area contributed by atoms with Gasteiger partial charge in [0.1, 0.15) is 10.6 Å². The summed E-state index contributed by atoms with van der Waals surface area (Å²) in [6.45, 7) is 6.13. The molecular formula is C17H27NO3S. The lowest BCUT2D eigenvalue weighted by Crippen LogP contribution is -2.36. The van der Waals surface area contributed by atoms with E-state index in [1.165, 1.54) is 13.5 Å². The topological polar surface area (TPSA) is 55.4 Å². The third kappa shape index (κ3) is 3.82. The third-order valence-electron chi connectivity index (χ3n) is 4.39. The number of hydrogen-bond donors (Lipinski definition) is 1. The molecule has 5 heteroatoms. The van der Waals surface area contributed by atoms with E-state index in [1.807, 2.05) is 13.0 Å². The highest BCUT2D eigenvalue weighted by Gasteiger charge is 2.26. The van der Waals surface area contributed by atoms with Crippen LogP contribution in [0.5, 0.6) is 5.75 Å². The molecule has 22 heavy (non-hydrogen) atoms. The molecule has 4 nitrogen and oxygen atoms in total. The molecule has 1 fully saturated rings. The van der Waals surface area contributed by atoms with Gasteiger partial charge in [0.05, 0.1) is 7.11 Å². The molecule has 0 unspecified atom stereocenters. The molecule has 0 bridgehead atoms. The number of rotatable bonds is 5. The second-order valence-corrected chi connectivity index (χ2v) is 8.15. The molecule has 0 amide bonds. The van der Waals surface area contributed by atoms with E-state index in [9.17, 15) is 8.42 Å². The molecule has 0 atom stereocenters. The highest BCUT2D eigenvalue weighted by Crippen LogP contribution is 2.31. The van der Waals surface area contributed by atoms with Gasteiger partial charge in [0.2, 0.25) is 10.0 Å². The van der Waals surface area contributed by atoms with Gasteiger partial charge in [-0.15, -0.1) is 0 Å². The SMILES string of the molecule is COc1cc(C)c(C(C)C)cc1S(=O)(=O)NC1CCCCC1. The van der Waals surface area contributed by atoms with Gasteiger partial charge in [-0.3, -0.25) is 0 Å². The first-order valence-corrected chi connectivity index (χ1v) is 9.54. The van der Waals surface area contributed by atoms with E-state index >= 15 is 0 Å². The summed E-state index contributed by atoms with van der Waals surface area (Å²) < 4.78 is 33.7. The van der Waals surface area contributed by atoms with Crippen LogP contribution in [0.4, 0.5) is 0 Å². The van der Waals surface area contributed by atoms with Crippen molar-refractivity contribution >= 4 is 10.0 Å². The first-order chi connectivity index (χ1) is 10.3. The molecule has 0 saturated heterocycles. The Morgan fingerprint density at radius 3 is 2.36 bits per heavy atom. The van der Waals surface area contributed by atoms with E-state index in [4.69, 9.17) is 4.74 Å². The summed E-state index contributed by atoms with van der Waals surface area (Å²) in [6, 6.07) is 3.64. The van der Waals surface area contributed by atoms with Crippen molar-refractivity contribution in [2.24, 2.45) is 0 Å². The average Bonchev–Trinajstić information content (AvgIpc) is 2.46. The lowest BCUT2D eigenvalue weighted by atomic mass is 9.96. The quantitative estimate of drug-likeness (QED) is 0.897. The van der Waals surface area contributed by atoms with E-state index in [-0.39, 0.29) is 16.9 Å². The van der Waals surface area contributed by atoms with Gasteiger partial charge < -0.3 is 4.74 Å². The highest BCUT2D eigenvalue weighted by molar-refractivity contribution is 7.89. The first-order valence-electron chi connectivity index (χ1n) is 8.06. The normalized spacial score (nSPS) is 17.0. The minimum absolute atomic E-state index is 0.0484. The van der Waals surface area contributed by atoms with Crippen LogP contribution in [-0.4, -0.2) is 21.6 Å². The number of benzene rings is 1. The van der Waals surface area contributed by atoms with Crippen molar-refractivity contribution in [2.75, 3.05) is 7.11 Å². The molecular weight excluding hydrogens is 298 g/mol. The van der Waals surface area contributed by atoms with Crippen LogP contribution in [0.15, 0.2) is 17.0 Å². The van der Waals surface area contributed by atoms with E-state index in [2.05, 4.69) is 18.6 Å². The summed E-state index contributed by atoms with van der Waals surface area (Å²) >= 11 is 0. The van der Waals surface area contributed by atoms with Crippen molar-refractivity contribution in [3.8, 4) is 5.75 Å². The summed E-state index contributed by atoms with van der Waals surface area (Å²) in [4.78, 5) is 0.259. The molecule has 1 aliphatic rings. The molecule has 1 N–H and O–H groups in total. The Bertz CT molecular complexity index is 617. The molecule has 0 spiro atoms. The molecule has 1 aromatic rings. The Morgan fingerprint density at radius 2 is 1.82 bits per heavy atom. The fourth-order valence-electron chi connectivity index (χ4n) is 3.17. The second kappa shape index (κ2) is 7.01. The van der Waals surface area contributed by atoms with Crippen LogP contribution >= 0.6 is 0 Å². The number of aryl methyl sites for hydroxylation is 1. The van der Waals surface area contributed by atoms with E-state index in [1.54, 1.807) is 6.07 Å². The van der Waals surface area contributed by atoms with Crippen molar-refractivity contribution in [2.45, 2.75) is 69.7 Å². The van der Waals surface area contributed by atoms with Crippen LogP contribution in [-0.2, 0) is 10.0 Å². The molecule has 0 aromatic heterocycles. The number of ether oxygens (including phenoxy) is 1. The molecule has 1 saturated carbocycles. The van der Waals surface area contributed by atoms with Gasteiger partial charge in [0.25, 0.3) is 0 Å². The summed E-state index contributed by atoms with van der Waals surface area (Å²) in [5.41, 5.74) is 2.10. The molecule has 1 aliphatic carbocycles. The van der Waals surface area contributed by atoms with Gasteiger partial charge in [0, 0.05) is 6.04 Å².